The first kappa shape index (κ1) is 33.6. The minimum Gasteiger partial charge on any atom is -0.457 e. The zero-order valence-electron chi connectivity index (χ0n) is 26.8. The average Bonchev–Trinajstić information content (AvgIpc) is 3.49. The Labute approximate surface area is 277 Å². The molecule has 12 heteroatoms. The summed E-state index contributed by atoms with van der Waals surface area (Å²) in [6, 6.07) is 20.3. The number of aryl methyl sites for hydroxylation is 2. The molecule has 0 atom stereocenters. The summed E-state index contributed by atoms with van der Waals surface area (Å²) in [4.78, 5) is 35.7. The van der Waals surface area contributed by atoms with Gasteiger partial charge in [0.25, 0.3) is 5.56 Å². The fourth-order valence-corrected chi connectivity index (χ4v) is 6.55. The Morgan fingerprint density at radius 1 is 0.936 bits per heavy atom. The van der Waals surface area contributed by atoms with Gasteiger partial charge in [-0.25, -0.2) is 9.78 Å². The van der Waals surface area contributed by atoms with Crippen LogP contribution in [0.3, 0.4) is 0 Å². The van der Waals surface area contributed by atoms with Crippen molar-refractivity contribution in [3.05, 3.63) is 123 Å². The summed E-state index contributed by atoms with van der Waals surface area (Å²) in [6.45, 7) is 9.40. The van der Waals surface area contributed by atoms with E-state index in [2.05, 4.69) is 24.2 Å². The van der Waals surface area contributed by atoms with Gasteiger partial charge in [-0.05, 0) is 81.1 Å². The second kappa shape index (κ2) is 14.4. The van der Waals surface area contributed by atoms with E-state index in [0.717, 1.165) is 22.3 Å². The number of carbonyl (C=O) groups excluding carboxylic acids is 1. The van der Waals surface area contributed by atoms with Crippen LogP contribution in [0.4, 0.5) is 0 Å². The molecule has 5 rings (SSSR count). The molecular weight excluding hydrogens is 637 g/mol. The number of phosphoric ester groups is 1. The first-order valence-electron chi connectivity index (χ1n) is 15.1. The van der Waals surface area contributed by atoms with Crippen LogP contribution < -0.4 is 19.1 Å². The quantitative estimate of drug-likeness (QED) is 0.0736. The number of carbonyl (C=O) groups is 1. The number of pyridine rings is 1. The van der Waals surface area contributed by atoms with Gasteiger partial charge in [-0.3, -0.25) is 9.20 Å². The van der Waals surface area contributed by atoms with Crippen LogP contribution in [-0.2, 0) is 26.9 Å². The van der Waals surface area contributed by atoms with Crippen molar-refractivity contribution < 1.29 is 27.7 Å². The molecular formula is C35H36N3O7PS. The van der Waals surface area contributed by atoms with Crippen LogP contribution in [0, 0.1) is 0 Å². The lowest BCUT2D eigenvalue weighted by Crippen LogP contribution is -2.23. The maximum Gasteiger partial charge on any atom is 0.648 e. The fourth-order valence-electron chi connectivity index (χ4n) is 4.37. The standard InChI is InChI=1S/C35H36N3O7PS/c1-24(2)29-23-47-31(36-29)18-16-25-20-21-38-30(22-25)37-33(28(34(38)40)17-19-32(39)42-35(3,4)5)45-46(41,43-26-12-8-6-9-13-26)44-27-14-10-7-11-15-27/h6-15,17,19-24H,16,18H2,1-5H3/b19-17+. The first-order valence-corrected chi connectivity index (χ1v) is 17.4. The third-order valence-corrected chi connectivity index (χ3v) is 8.79. The molecule has 0 aliphatic heterocycles. The Morgan fingerprint density at radius 3 is 2.15 bits per heavy atom. The van der Waals surface area contributed by atoms with Gasteiger partial charge >= 0.3 is 13.8 Å². The molecule has 2 aromatic carbocycles. The van der Waals surface area contributed by atoms with Gasteiger partial charge in [0.05, 0.1) is 10.7 Å². The molecule has 0 radical (unpaired) electrons. The van der Waals surface area contributed by atoms with Crippen LogP contribution >= 0.6 is 19.2 Å². The molecule has 10 nitrogen and oxygen atoms in total. The minimum atomic E-state index is -4.53. The molecule has 0 saturated carbocycles. The Bertz CT molecular complexity index is 1940. The number of aromatic nitrogens is 3. The van der Waals surface area contributed by atoms with Crippen molar-refractivity contribution in [2.24, 2.45) is 0 Å². The number of hydrogen-bond donors (Lipinski definition) is 0. The summed E-state index contributed by atoms with van der Waals surface area (Å²) in [5.41, 5.74) is 0.731. The van der Waals surface area contributed by atoms with E-state index in [9.17, 15) is 14.2 Å². The number of esters is 1. The Balaban J connectivity index is 1.55. The molecule has 0 N–H and O–H groups in total. The molecule has 0 amide bonds. The van der Waals surface area contributed by atoms with Crippen LogP contribution in [0.1, 0.15) is 62.4 Å². The summed E-state index contributed by atoms with van der Waals surface area (Å²) >= 11 is 1.62. The number of ether oxygens (including phenoxy) is 1. The van der Waals surface area contributed by atoms with Gasteiger partial charge in [-0.1, -0.05) is 50.2 Å². The number of fused-ring (bicyclic) bond motifs is 1. The van der Waals surface area contributed by atoms with Crippen LogP contribution in [0.2, 0.25) is 0 Å². The van der Waals surface area contributed by atoms with E-state index in [1.165, 1.54) is 10.5 Å². The van der Waals surface area contributed by atoms with Gasteiger partial charge in [0.2, 0.25) is 5.88 Å². The molecule has 0 fully saturated rings. The molecule has 47 heavy (non-hydrogen) atoms. The summed E-state index contributed by atoms with van der Waals surface area (Å²) < 4.78 is 38.5. The zero-order valence-corrected chi connectivity index (χ0v) is 28.5. The van der Waals surface area contributed by atoms with Crippen molar-refractivity contribution in [2.45, 2.75) is 59.0 Å². The molecule has 0 aliphatic carbocycles. The van der Waals surface area contributed by atoms with Gasteiger partial charge in [-0.15, -0.1) is 11.3 Å². The van der Waals surface area contributed by atoms with Crippen molar-refractivity contribution in [3.63, 3.8) is 0 Å². The average molecular weight is 674 g/mol. The topological polar surface area (TPSA) is 118 Å². The van der Waals surface area contributed by atoms with Gasteiger partial charge in [-0.2, -0.15) is 9.55 Å². The monoisotopic (exact) mass is 673 g/mol. The predicted molar refractivity (Wildman–Crippen MR) is 182 cm³/mol. The number of thiazole rings is 1. The SMILES string of the molecule is CC(C)c1csc(CCc2ccn3c(=O)c(/C=C/C(=O)OC(C)(C)C)c(OP(=O)(Oc4ccccc4)Oc4ccccc4)nc3c2)n1. The summed E-state index contributed by atoms with van der Waals surface area (Å²) in [6.07, 6.45) is 5.29. The maximum absolute atomic E-state index is 14.3. The number of hydrogen-bond acceptors (Lipinski definition) is 10. The van der Waals surface area contributed by atoms with Gasteiger partial charge < -0.3 is 18.3 Å². The fraction of sp³-hybridized carbons (Fsp3) is 0.257. The molecule has 0 saturated heterocycles. The van der Waals surface area contributed by atoms with E-state index in [-0.39, 0.29) is 28.6 Å². The molecule has 0 aliphatic rings. The lowest BCUT2D eigenvalue weighted by molar-refractivity contribution is -0.148. The number of para-hydroxylation sites is 2. The number of nitrogens with zero attached hydrogens (tertiary/aromatic N) is 3. The van der Waals surface area contributed by atoms with Crippen LogP contribution in [-0.4, -0.2) is 25.9 Å². The maximum atomic E-state index is 14.3. The molecule has 5 aromatic rings. The number of benzene rings is 2. The Kier molecular flexibility index (Phi) is 10.3. The Hall–Kier alpha value is -4.73. The predicted octanol–water partition coefficient (Wildman–Crippen LogP) is 8.06. The van der Waals surface area contributed by atoms with E-state index in [1.807, 2.05) is 6.07 Å². The second-order valence-corrected chi connectivity index (χ2v) is 14.3. The van der Waals surface area contributed by atoms with Gasteiger partial charge in [0.1, 0.15) is 28.3 Å². The van der Waals surface area contributed by atoms with E-state index >= 15 is 0 Å². The van der Waals surface area contributed by atoms with Crippen molar-refractivity contribution in [1.82, 2.24) is 14.4 Å². The highest BCUT2D eigenvalue weighted by Gasteiger charge is 2.35. The highest BCUT2D eigenvalue weighted by Crippen LogP contribution is 2.49. The van der Waals surface area contributed by atoms with Crippen molar-refractivity contribution in [1.29, 1.82) is 0 Å². The van der Waals surface area contributed by atoms with Gasteiger partial charge in [0.15, 0.2) is 0 Å². The van der Waals surface area contributed by atoms with Crippen molar-refractivity contribution in [2.75, 3.05) is 0 Å². The van der Waals surface area contributed by atoms with E-state index in [0.29, 0.717) is 18.8 Å². The minimum absolute atomic E-state index is 0.154. The van der Waals surface area contributed by atoms with E-state index in [4.69, 9.17) is 23.3 Å². The number of rotatable bonds is 12. The van der Waals surface area contributed by atoms with E-state index < -0.39 is 25.0 Å². The van der Waals surface area contributed by atoms with E-state index in [1.54, 1.807) is 105 Å². The van der Waals surface area contributed by atoms with Crippen LogP contribution in [0.25, 0.3) is 11.7 Å². The van der Waals surface area contributed by atoms with Crippen LogP contribution in [0.5, 0.6) is 17.4 Å². The zero-order chi connectivity index (χ0) is 33.6. The smallest absolute Gasteiger partial charge is 0.457 e. The normalized spacial score (nSPS) is 12.0. The lowest BCUT2D eigenvalue weighted by Gasteiger charge is -2.20. The lowest BCUT2D eigenvalue weighted by atomic mass is 10.1. The van der Waals surface area contributed by atoms with Crippen LogP contribution in [0.15, 0.2) is 95.2 Å². The number of phosphoric acid groups is 1. The molecule has 244 valence electrons. The summed E-state index contributed by atoms with van der Waals surface area (Å²) in [5, 5.41) is 3.09. The molecule has 0 unspecified atom stereocenters. The third-order valence-electron chi connectivity index (χ3n) is 6.60. The highest BCUT2D eigenvalue weighted by atomic mass is 32.1. The van der Waals surface area contributed by atoms with Crippen molar-refractivity contribution in [3.8, 4) is 17.4 Å². The highest BCUT2D eigenvalue weighted by molar-refractivity contribution is 7.49. The third kappa shape index (κ3) is 9.18. The molecule has 0 spiro atoms. The molecule has 3 aromatic heterocycles. The molecule has 3 heterocycles. The Morgan fingerprint density at radius 2 is 1.57 bits per heavy atom. The largest absolute Gasteiger partial charge is 0.648 e. The first-order chi connectivity index (χ1) is 22.4. The summed E-state index contributed by atoms with van der Waals surface area (Å²) in [5.74, 6) is -0.263. The molecule has 0 bridgehead atoms. The van der Waals surface area contributed by atoms with Gasteiger partial charge in [0, 0.05) is 24.1 Å². The second-order valence-electron chi connectivity index (χ2n) is 11.9. The summed E-state index contributed by atoms with van der Waals surface area (Å²) in [7, 11) is -4.53. The van der Waals surface area contributed by atoms with Crippen molar-refractivity contribution >= 4 is 36.9 Å².